The first-order chi connectivity index (χ1) is 34.0. The molecule has 0 spiro atoms. The molecule has 0 radical (unpaired) electrons. The highest BCUT2D eigenvalue weighted by Crippen LogP contribution is 2.51. The van der Waals surface area contributed by atoms with Gasteiger partial charge in [0.05, 0.1) is 33.1 Å². The summed E-state index contributed by atoms with van der Waals surface area (Å²) in [5.74, 6) is 0.888. The van der Waals surface area contributed by atoms with Crippen molar-refractivity contribution in [3.05, 3.63) is 248 Å². The van der Waals surface area contributed by atoms with Gasteiger partial charge in [0.25, 0.3) is 0 Å². The van der Waals surface area contributed by atoms with Gasteiger partial charge in [-0.3, -0.25) is 8.97 Å². The van der Waals surface area contributed by atoms with E-state index in [4.69, 9.17) is 4.98 Å². The number of aromatic nitrogens is 4. The molecule has 0 aliphatic heterocycles. The number of para-hydroxylation sites is 4. The average Bonchev–Trinajstić information content (AvgIpc) is 4.11. The van der Waals surface area contributed by atoms with Crippen molar-refractivity contribution in [2.75, 3.05) is 4.90 Å². The van der Waals surface area contributed by atoms with Crippen LogP contribution in [-0.2, 0) is 5.41 Å². The molecule has 0 unspecified atom stereocenters. The van der Waals surface area contributed by atoms with Crippen molar-refractivity contribution in [3.63, 3.8) is 0 Å². The zero-order valence-corrected chi connectivity index (χ0v) is 38.3. The monoisotopic (exact) mass is 883 g/mol. The van der Waals surface area contributed by atoms with Gasteiger partial charge in [0.1, 0.15) is 0 Å². The summed E-state index contributed by atoms with van der Waals surface area (Å²) < 4.78 is 7.02. The number of rotatable bonds is 7. The van der Waals surface area contributed by atoms with Crippen LogP contribution in [0.2, 0.25) is 0 Å². The molecule has 0 bridgehead atoms. The van der Waals surface area contributed by atoms with Crippen LogP contribution in [0.25, 0.3) is 94.4 Å². The summed E-state index contributed by atoms with van der Waals surface area (Å²) in [5, 5.41) is 2.42. The Hall–Kier alpha value is -8.93. The number of benzene rings is 10. The lowest BCUT2D eigenvalue weighted by molar-refractivity contribution is 0.660. The van der Waals surface area contributed by atoms with Gasteiger partial charge in [-0.15, -0.1) is 0 Å². The topological polar surface area (TPSA) is 30.4 Å². The van der Waals surface area contributed by atoms with Gasteiger partial charge >= 0.3 is 0 Å². The highest BCUT2D eigenvalue weighted by atomic mass is 15.2. The minimum atomic E-state index is -0.117. The number of nitrogens with zero attached hydrogens (tertiary/aromatic N) is 5. The van der Waals surface area contributed by atoms with Crippen LogP contribution in [0, 0.1) is 0 Å². The van der Waals surface area contributed by atoms with Gasteiger partial charge in [-0.1, -0.05) is 153 Å². The normalized spacial score (nSPS) is 12.9. The second kappa shape index (κ2) is 15.0. The lowest BCUT2D eigenvalue weighted by Crippen LogP contribution is -2.16. The molecule has 0 saturated heterocycles. The molecule has 3 heterocycles. The molecule has 0 atom stereocenters. The van der Waals surface area contributed by atoms with Crippen LogP contribution >= 0.6 is 0 Å². The van der Waals surface area contributed by atoms with Gasteiger partial charge in [0, 0.05) is 44.6 Å². The molecule has 14 rings (SSSR count). The van der Waals surface area contributed by atoms with E-state index < -0.39 is 0 Å². The van der Waals surface area contributed by atoms with E-state index in [2.05, 4.69) is 269 Å². The number of fused-ring (bicyclic) bond motifs is 11. The molecule has 1 aliphatic rings. The summed E-state index contributed by atoms with van der Waals surface area (Å²) in [7, 11) is 0. The summed E-state index contributed by atoms with van der Waals surface area (Å²) in [4.78, 5) is 7.69. The summed E-state index contributed by atoms with van der Waals surface area (Å²) in [5.41, 5.74) is 22.1. The van der Waals surface area contributed by atoms with E-state index in [0.717, 1.165) is 67.4 Å². The Morgan fingerprint density at radius 3 is 1.72 bits per heavy atom. The lowest BCUT2D eigenvalue weighted by atomic mass is 9.82. The standard InChI is InChI=1S/C64H45N5/c1-64(2)55-21-11-9-19-51(55)52-36-34-50(41-56(52)64)66(47-30-25-43(26-31-47)42-15-5-3-6-16-42)48-32-27-44(28-33-48)45-29-37-61-62(39-45)69-60-24-14-12-22-57(60)65-63(69)68(61)49-35-38-59-54(40-49)53-20-10-13-23-58(53)67(59)46-17-7-4-8-18-46/h3-41H,1-2H3. The van der Waals surface area contributed by atoms with Crippen molar-refractivity contribution in [2.24, 2.45) is 0 Å². The van der Waals surface area contributed by atoms with E-state index >= 15 is 0 Å². The quantitative estimate of drug-likeness (QED) is 0.160. The largest absolute Gasteiger partial charge is 0.310 e. The Balaban J connectivity index is 0.890. The molecule has 0 fully saturated rings. The molecule has 13 aromatic rings. The van der Waals surface area contributed by atoms with Crippen LogP contribution in [0.3, 0.4) is 0 Å². The maximum absolute atomic E-state index is 5.29. The minimum Gasteiger partial charge on any atom is -0.310 e. The zero-order valence-electron chi connectivity index (χ0n) is 38.3. The summed E-state index contributed by atoms with van der Waals surface area (Å²) in [6.45, 7) is 4.70. The van der Waals surface area contributed by atoms with Gasteiger partial charge in [-0.2, -0.15) is 0 Å². The molecular formula is C64H45N5. The van der Waals surface area contributed by atoms with Gasteiger partial charge in [0.2, 0.25) is 5.78 Å². The van der Waals surface area contributed by atoms with Crippen LogP contribution < -0.4 is 4.90 Å². The predicted octanol–water partition coefficient (Wildman–Crippen LogP) is 16.6. The van der Waals surface area contributed by atoms with E-state index in [0.29, 0.717) is 0 Å². The third-order valence-electron chi connectivity index (χ3n) is 14.6. The maximum Gasteiger partial charge on any atom is 0.220 e. The molecule has 69 heavy (non-hydrogen) atoms. The second-order valence-corrected chi connectivity index (χ2v) is 18.9. The summed E-state index contributed by atoms with van der Waals surface area (Å²) >= 11 is 0. The van der Waals surface area contributed by atoms with Crippen molar-refractivity contribution in [2.45, 2.75) is 19.3 Å². The number of anilines is 3. The third-order valence-corrected chi connectivity index (χ3v) is 14.6. The molecule has 10 aromatic carbocycles. The Bertz CT molecular complexity index is 4140. The number of hydrogen-bond acceptors (Lipinski definition) is 2. The smallest absolute Gasteiger partial charge is 0.220 e. The first kappa shape index (κ1) is 39.3. The predicted molar refractivity (Wildman–Crippen MR) is 287 cm³/mol. The lowest BCUT2D eigenvalue weighted by Gasteiger charge is -2.28. The molecule has 0 N–H and O–H groups in total. The van der Waals surface area contributed by atoms with Crippen LogP contribution in [0.15, 0.2) is 237 Å². The van der Waals surface area contributed by atoms with Crippen LogP contribution in [0.1, 0.15) is 25.0 Å². The molecule has 0 saturated carbocycles. The van der Waals surface area contributed by atoms with Crippen molar-refractivity contribution in [1.82, 2.24) is 18.5 Å². The second-order valence-electron chi connectivity index (χ2n) is 18.9. The van der Waals surface area contributed by atoms with Crippen molar-refractivity contribution >= 4 is 66.7 Å². The molecule has 0 amide bonds. The first-order valence-corrected chi connectivity index (χ1v) is 23.8. The summed E-state index contributed by atoms with van der Waals surface area (Å²) in [6, 6.07) is 86.1. The summed E-state index contributed by atoms with van der Waals surface area (Å²) in [6.07, 6.45) is 0. The molecule has 326 valence electrons. The van der Waals surface area contributed by atoms with E-state index in [1.807, 2.05) is 0 Å². The number of imidazole rings is 2. The maximum atomic E-state index is 5.29. The molecular weight excluding hydrogens is 839 g/mol. The molecule has 5 heteroatoms. The van der Waals surface area contributed by atoms with Crippen LogP contribution in [0.5, 0.6) is 0 Å². The minimum absolute atomic E-state index is 0.117. The van der Waals surface area contributed by atoms with Crippen LogP contribution in [0.4, 0.5) is 17.1 Å². The number of hydrogen-bond donors (Lipinski definition) is 0. The molecule has 3 aromatic heterocycles. The Morgan fingerprint density at radius 2 is 0.942 bits per heavy atom. The van der Waals surface area contributed by atoms with Gasteiger partial charge < -0.3 is 9.47 Å². The third kappa shape index (κ3) is 6.00. The van der Waals surface area contributed by atoms with E-state index in [-0.39, 0.29) is 5.41 Å². The Morgan fingerprint density at radius 1 is 0.362 bits per heavy atom. The van der Waals surface area contributed by atoms with Crippen LogP contribution in [-0.4, -0.2) is 18.5 Å². The molecule has 1 aliphatic carbocycles. The zero-order chi connectivity index (χ0) is 45.8. The van der Waals surface area contributed by atoms with Crippen molar-refractivity contribution < 1.29 is 0 Å². The van der Waals surface area contributed by atoms with E-state index in [9.17, 15) is 0 Å². The van der Waals surface area contributed by atoms with Gasteiger partial charge in [0.15, 0.2) is 0 Å². The van der Waals surface area contributed by atoms with Gasteiger partial charge in [-0.25, -0.2) is 4.98 Å². The fourth-order valence-electron chi connectivity index (χ4n) is 11.3. The fraction of sp³-hybridized carbons (Fsp3) is 0.0469. The first-order valence-electron chi connectivity index (χ1n) is 23.8. The highest BCUT2D eigenvalue weighted by Gasteiger charge is 2.36. The van der Waals surface area contributed by atoms with E-state index in [1.54, 1.807) is 0 Å². The fourth-order valence-corrected chi connectivity index (χ4v) is 11.3. The molecule has 5 nitrogen and oxygen atoms in total. The average molecular weight is 884 g/mol. The Labute approximate surface area is 400 Å². The van der Waals surface area contributed by atoms with Gasteiger partial charge in [-0.05, 0) is 142 Å². The SMILES string of the molecule is CC1(C)c2ccccc2-c2ccc(N(c3ccc(-c4ccccc4)cc3)c3ccc(-c4ccc5c(c4)n4c6ccccc6nc4n5-c4ccc5c(c4)c4ccccc4n5-c4ccccc4)cc3)cc21. The van der Waals surface area contributed by atoms with Crippen molar-refractivity contribution in [3.8, 4) is 44.8 Å². The van der Waals surface area contributed by atoms with E-state index in [1.165, 1.54) is 55.2 Å². The van der Waals surface area contributed by atoms with Crippen molar-refractivity contribution in [1.29, 1.82) is 0 Å². The Kier molecular flexibility index (Phi) is 8.56. The highest BCUT2D eigenvalue weighted by molar-refractivity contribution is 6.10.